The Balaban J connectivity index is 2.95. The van der Waals surface area contributed by atoms with Crippen molar-refractivity contribution in [3.63, 3.8) is 0 Å². The molecule has 0 aliphatic rings. The van der Waals surface area contributed by atoms with E-state index in [1.165, 1.54) is 11.1 Å². The molecule has 0 spiro atoms. The molecule has 0 heterocycles. The summed E-state index contributed by atoms with van der Waals surface area (Å²) in [5.74, 6) is 0. The van der Waals surface area contributed by atoms with Gasteiger partial charge in [-0.05, 0) is 37.1 Å². The van der Waals surface area contributed by atoms with Gasteiger partial charge in [-0.25, -0.2) is 0 Å². The first-order chi connectivity index (χ1) is 5.24. The van der Waals surface area contributed by atoms with Crippen LogP contribution in [-0.4, -0.2) is 6.41 Å². The maximum Gasteiger partial charge on any atom is 0.211 e. The molecule has 11 heavy (non-hydrogen) atoms. The third kappa shape index (κ3) is 1.80. The van der Waals surface area contributed by atoms with E-state index in [9.17, 15) is 4.79 Å². The van der Waals surface area contributed by atoms with Gasteiger partial charge in [-0.15, -0.1) is 0 Å². The van der Waals surface area contributed by atoms with E-state index in [0.29, 0.717) is 6.41 Å². The lowest BCUT2D eigenvalue weighted by Gasteiger charge is -2.02. The van der Waals surface area contributed by atoms with Crippen molar-refractivity contribution in [2.75, 3.05) is 5.32 Å². The van der Waals surface area contributed by atoms with Gasteiger partial charge >= 0.3 is 0 Å². The highest BCUT2D eigenvalue weighted by Crippen LogP contribution is 2.12. The van der Waals surface area contributed by atoms with Crippen molar-refractivity contribution in [3.05, 3.63) is 29.3 Å². The Morgan fingerprint density at radius 2 is 2.00 bits per heavy atom. The first kappa shape index (κ1) is 7.79. The Labute approximate surface area is 66.2 Å². The molecule has 0 radical (unpaired) electrons. The minimum absolute atomic E-state index is 0.685. The number of rotatable bonds is 2. The molecule has 0 fully saturated rings. The Kier molecular flexibility index (Phi) is 2.26. The summed E-state index contributed by atoms with van der Waals surface area (Å²) < 4.78 is 0. The van der Waals surface area contributed by atoms with Gasteiger partial charge < -0.3 is 5.32 Å². The summed E-state index contributed by atoms with van der Waals surface area (Å²) in [5, 5.41) is 2.60. The summed E-state index contributed by atoms with van der Waals surface area (Å²) in [4.78, 5) is 10.1. The smallest absolute Gasteiger partial charge is 0.211 e. The summed E-state index contributed by atoms with van der Waals surface area (Å²) in [7, 11) is 0. The molecule has 1 rings (SSSR count). The van der Waals surface area contributed by atoms with Crippen LogP contribution in [0.4, 0.5) is 5.69 Å². The van der Waals surface area contributed by atoms with Crippen molar-refractivity contribution in [3.8, 4) is 0 Å². The minimum Gasteiger partial charge on any atom is -0.329 e. The topological polar surface area (TPSA) is 29.1 Å². The normalized spacial score (nSPS) is 9.27. The summed E-state index contributed by atoms with van der Waals surface area (Å²) in [6, 6.07) is 5.82. The largest absolute Gasteiger partial charge is 0.329 e. The Hall–Kier alpha value is -1.31. The van der Waals surface area contributed by atoms with Gasteiger partial charge in [0.2, 0.25) is 6.41 Å². The van der Waals surface area contributed by atoms with Crippen LogP contribution in [0.2, 0.25) is 0 Å². The molecule has 2 nitrogen and oxygen atoms in total. The third-order valence-corrected chi connectivity index (χ3v) is 1.73. The second-order valence-corrected chi connectivity index (χ2v) is 2.56. The second kappa shape index (κ2) is 3.19. The molecule has 1 aromatic carbocycles. The van der Waals surface area contributed by atoms with Crippen LogP contribution in [-0.2, 0) is 4.79 Å². The molecule has 1 amide bonds. The van der Waals surface area contributed by atoms with Gasteiger partial charge in [-0.3, -0.25) is 4.79 Å². The van der Waals surface area contributed by atoms with E-state index in [4.69, 9.17) is 0 Å². The van der Waals surface area contributed by atoms with E-state index >= 15 is 0 Å². The highest BCUT2D eigenvalue weighted by Gasteiger charge is 1.93. The Morgan fingerprint density at radius 1 is 1.27 bits per heavy atom. The summed E-state index contributed by atoms with van der Waals surface area (Å²) in [6.45, 7) is 4.06. The summed E-state index contributed by atoms with van der Waals surface area (Å²) in [5.41, 5.74) is 3.28. The number of nitrogens with one attached hydrogen (secondary N) is 1. The molecule has 0 aromatic heterocycles. The van der Waals surface area contributed by atoms with E-state index in [1.807, 2.05) is 32.0 Å². The van der Waals surface area contributed by atoms with Crippen molar-refractivity contribution in [1.29, 1.82) is 0 Å². The second-order valence-electron chi connectivity index (χ2n) is 2.56. The van der Waals surface area contributed by atoms with Gasteiger partial charge in [0.1, 0.15) is 0 Å². The number of aryl methyl sites for hydroxylation is 2. The standard InChI is InChI=1S/C9H11NO/c1-7-3-4-9(10-6-11)5-8(7)2/h3-6H,1-2H3,(H,10,11). The van der Waals surface area contributed by atoms with Crippen molar-refractivity contribution < 1.29 is 4.79 Å². The molecule has 2 heteroatoms. The van der Waals surface area contributed by atoms with Gasteiger partial charge in [0.15, 0.2) is 0 Å². The number of benzene rings is 1. The van der Waals surface area contributed by atoms with Crippen LogP contribution in [0.5, 0.6) is 0 Å². The molecule has 1 aromatic rings. The molecule has 1 N–H and O–H groups in total. The number of anilines is 1. The van der Waals surface area contributed by atoms with Gasteiger partial charge in [0, 0.05) is 5.69 Å². The highest BCUT2D eigenvalue weighted by atomic mass is 16.1. The average molecular weight is 149 g/mol. The summed E-state index contributed by atoms with van der Waals surface area (Å²) >= 11 is 0. The molecule has 0 aliphatic heterocycles. The lowest BCUT2D eigenvalue weighted by molar-refractivity contribution is -0.105. The van der Waals surface area contributed by atoms with E-state index in [-0.39, 0.29) is 0 Å². The van der Waals surface area contributed by atoms with Crippen molar-refractivity contribution in [2.45, 2.75) is 13.8 Å². The zero-order valence-corrected chi connectivity index (χ0v) is 6.72. The van der Waals surface area contributed by atoms with Crippen LogP contribution in [0, 0.1) is 13.8 Å². The SMILES string of the molecule is Cc1ccc(NC=O)cc1C. The van der Waals surface area contributed by atoms with Crippen LogP contribution in [0.1, 0.15) is 11.1 Å². The zero-order chi connectivity index (χ0) is 8.27. The number of hydrogen-bond donors (Lipinski definition) is 1. The molecular weight excluding hydrogens is 138 g/mol. The van der Waals surface area contributed by atoms with Crippen molar-refractivity contribution >= 4 is 12.1 Å². The Morgan fingerprint density at radius 3 is 2.55 bits per heavy atom. The lowest BCUT2D eigenvalue weighted by atomic mass is 10.1. The third-order valence-electron chi connectivity index (χ3n) is 1.73. The number of carbonyl (C=O) groups excluding carboxylic acids is 1. The fourth-order valence-electron chi connectivity index (χ4n) is 0.899. The Bertz CT molecular complexity index is 268. The van der Waals surface area contributed by atoms with Gasteiger partial charge in [0.25, 0.3) is 0 Å². The maximum atomic E-state index is 10.1. The van der Waals surface area contributed by atoms with Gasteiger partial charge in [0.05, 0.1) is 0 Å². The molecule has 0 saturated carbocycles. The van der Waals surface area contributed by atoms with E-state index in [2.05, 4.69) is 5.32 Å². The molecule has 0 unspecified atom stereocenters. The molecule has 0 atom stereocenters. The zero-order valence-electron chi connectivity index (χ0n) is 6.72. The van der Waals surface area contributed by atoms with Crippen LogP contribution >= 0.6 is 0 Å². The fraction of sp³-hybridized carbons (Fsp3) is 0.222. The van der Waals surface area contributed by atoms with Gasteiger partial charge in [-0.2, -0.15) is 0 Å². The molecule has 0 bridgehead atoms. The number of carbonyl (C=O) groups is 1. The fourth-order valence-corrected chi connectivity index (χ4v) is 0.899. The number of amides is 1. The van der Waals surface area contributed by atoms with Gasteiger partial charge in [-0.1, -0.05) is 6.07 Å². The molecule has 0 saturated heterocycles. The lowest BCUT2D eigenvalue weighted by Crippen LogP contribution is -1.94. The van der Waals surface area contributed by atoms with Crippen molar-refractivity contribution in [1.82, 2.24) is 0 Å². The summed E-state index contributed by atoms with van der Waals surface area (Å²) in [6.07, 6.45) is 0.685. The van der Waals surface area contributed by atoms with Crippen molar-refractivity contribution in [2.24, 2.45) is 0 Å². The van der Waals surface area contributed by atoms with E-state index < -0.39 is 0 Å². The predicted molar refractivity (Wildman–Crippen MR) is 45.6 cm³/mol. The van der Waals surface area contributed by atoms with Crippen LogP contribution in [0.3, 0.4) is 0 Å². The molecule has 0 aliphatic carbocycles. The van der Waals surface area contributed by atoms with Crippen LogP contribution < -0.4 is 5.32 Å². The average Bonchev–Trinajstić information content (AvgIpc) is 1.98. The quantitative estimate of drug-likeness (QED) is 0.639. The van der Waals surface area contributed by atoms with Crippen LogP contribution in [0.15, 0.2) is 18.2 Å². The maximum absolute atomic E-state index is 10.1. The molecular formula is C9H11NO. The van der Waals surface area contributed by atoms with E-state index in [1.54, 1.807) is 0 Å². The monoisotopic (exact) mass is 149 g/mol. The highest BCUT2D eigenvalue weighted by molar-refractivity contribution is 5.71. The predicted octanol–water partition coefficient (Wildman–Crippen LogP) is 1.87. The molecule has 58 valence electrons. The van der Waals surface area contributed by atoms with E-state index in [0.717, 1.165) is 5.69 Å². The first-order valence-electron chi connectivity index (χ1n) is 3.51. The van der Waals surface area contributed by atoms with Crippen LogP contribution in [0.25, 0.3) is 0 Å². The number of hydrogen-bond acceptors (Lipinski definition) is 1. The minimum atomic E-state index is 0.685. The first-order valence-corrected chi connectivity index (χ1v) is 3.51.